The first-order chi connectivity index (χ1) is 13.6. The van der Waals surface area contributed by atoms with Crippen LogP contribution in [0.15, 0.2) is 60.3 Å². The number of halogens is 1. The topological polar surface area (TPSA) is 40.6 Å². The average Bonchev–Trinajstić information content (AvgIpc) is 2.95. The molecule has 2 amide bonds. The number of hydrogen-bond acceptors (Lipinski definition) is 3. The molecule has 0 saturated carbocycles. The zero-order chi connectivity index (χ0) is 19.7. The number of amides is 2. The highest BCUT2D eigenvalue weighted by Gasteiger charge is 2.42. The Labute approximate surface area is 164 Å². The van der Waals surface area contributed by atoms with Gasteiger partial charge in [0.25, 0.3) is 11.8 Å². The summed E-state index contributed by atoms with van der Waals surface area (Å²) in [5.74, 6) is -0.639. The fourth-order valence-corrected chi connectivity index (χ4v) is 4.05. The van der Waals surface area contributed by atoms with E-state index in [1.165, 1.54) is 11.0 Å². The number of imide groups is 1. The van der Waals surface area contributed by atoms with Gasteiger partial charge in [0.2, 0.25) is 0 Å². The number of carbonyl (C=O) groups excluding carboxylic acids is 2. The van der Waals surface area contributed by atoms with Crippen LogP contribution in [0.5, 0.6) is 0 Å². The van der Waals surface area contributed by atoms with Gasteiger partial charge in [0.05, 0.1) is 12.1 Å². The second-order valence-corrected chi connectivity index (χ2v) is 7.57. The predicted molar refractivity (Wildman–Crippen MR) is 105 cm³/mol. The molecule has 1 atom stereocenters. The third kappa shape index (κ3) is 3.33. The number of hydrogen-bond donors (Lipinski definition) is 0. The van der Waals surface area contributed by atoms with E-state index in [-0.39, 0.29) is 18.4 Å². The smallest absolute Gasteiger partial charge is 0.278 e. The van der Waals surface area contributed by atoms with Crippen LogP contribution in [0.1, 0.15) is 30.9 Å². The van der Waals surface area contributed by atoms with Gasteiger partial charge in [-0.05, 0) is 30.4 Å². The molecule has 0 radical (unpaired) electrons. The number of benzene rings is 2. The van der Waals surface area contributed by atoms with E-state index in [2.05, 4.69) is 6.92 Å². The Morgan fingerprint density at radius 1 is 1.00 bits per heavy atom. The van der Waals surface area contributed by atoms with Gasteiger partial charge in [-0.2, -0.15) is 0 Å². The number of rotatable bonds is 4. The number of nitrogens with zero attached hydrogens (tertiary/aromatic N) is 2. The third-order valence-corrected chi connectivity index (χ3v) is 5.47. The van der Waals surface area contributed by atoms with E-state index in [9.17, 15) is 14.0 Å². The maximum absolute atomic E-state index is 14.1. The summed E-state index contributed by atoms with van der Waals surface area (Å²) in [7, 11) is 0. The summed E-state index contributed by atoms with van der Waals surface area (Å²) in [5.41, 5.74) is 1.95. The number of piperidine rings is 1. The zero-order valence-corrected chi connectivity index (χ0v) is 15.9. The van der Waals surface area contributed by atoms with Gasteiger partial charge in [0.1, 0.15) is 11.5 Å². The Balaban J connectivity index is 1.74. The molecule has 0 aliphatic carbocycles. The van der Waals surface area contributed by atoms with Crippen LogP contribution in [0, 0.1) is 11.7 Å². The van der Waals surface area contributed by atoms with Crippen molar-refractivity contribution < 1.29 is 14.0 Å². The number of carbonyl (C=O) groups is 2. The van der Waals surface area contributed by atoms with Gasteiger partial charge in [0.15, 0.2) is 0 Å². The van der Waals surface area contributed by atoms with Crippen molar-refractivity contribution in [2.75, 3.05) is 13.1 Å². The van der Waals surface area contributed by atoms with Crippen molar-refractivity contribution in [2.45, 2.75) is 26.3 Å². The summed E-state index contributed by atoms with van der Waals surface area (Å²) in [5, 5.41) is 0. The minimum atomic E-state index is -0.413. The first kappa shape index (κ1) is 18.4. The number of likely N-dealkylation sites (tertiary alicyclic amines) is 1. The summed E-state index contributed by atoms with van der Waals surface area (Å²) in [6, 6.07) is 15.6. The molecule has 144 valence electrons. The van der Waals surface area contributed by atoms with Crippen molar-refractivity contribution >= 4 is 17.4 Å². The van der Waals surface area contributed by atoms with Gasteiger partial charge in [-0.3, -0.25) is 14.5 Å². The largest absolute Gasteiger partial charge is 0.366 e. The Morgan fingerprint density at radius 2 is 1.71 bits per heavy atom. The molecule has 1 unspecified atom stereocenters. The van der Waals surface area contributed by atoms with Crippen LogP contribution in [0.25, 0.3) is 5.57 Å². The van der Waals surface area contributed by atoms with Crippen molar-refractivity contribution in [1.82, 2.24) is 9.80 Å². The van der Waals surface area contributed by atoms with E-state index in [1.807, 2.05) is 35.2 Å². The second-order valence-electron chi connectivity index (χ2n) is 7.57. The average molecular weight is 378 g/mol. The minimum absolute atomic E-state index is 0.0619. The fraction of sp³-hybridized carbons (Fsp3) is 0.304. The molecule has 4 rings (SSSR count). The van der Waals surface area contributed by atoms with E-state index in [1.54, 1.807) is 18.2 Å². The summed E-state index contributed by atoms with van der Waals surface area (Å²) in [4.78, 5) is 29.8. The molecule has 0 spiro atoms. The van der Waals surface area contributed by atoms with Gasteiger partial charge in [0, 0.05) is 18.7 Å². The summed E-state index contributed by atoms with van der Waals surface area (Å²) in [6.07, 6.45) is 2.10. The lowest BCUT2D eigenvalue weighted by molar-refractivity contribution is -0.138. The Morgan fingerprint density at radius 3 is 2.43 bits per heavy atom. The second kappa shape index (κ2) is 7.58. The highest BCUT2D eigenvalue weighted by molar-refractivity contribution is 6.35. The molecule has 0 bridgehead atoms. The van der Waals surface area contributed by atoms with E-state index in [0.29, 0.717) is 22.8 Å². The van der Waals surface area contributed by atoms with Gasteiger partial charge >= 0.3 is 0 Å². The van der Waals surface area contributed by atoms with Crippen LogP contribution in [0.4, 0.5) is 4.39 Å². The molecular formula is C23H23FN2O2. The molecule has 0 N–H and O–H groups in total. The van der Waals surface area contributed by atoms with E-state index in [0.717, 1.165) is 31.5 Å². The standard InChI is InChI=1S/C23H23FN2O2/c1-16-8-7-13-25(14-16)21-20(17-9-3-2-4-10-17)22(27)26(23(21)28)15-18-11-5-6-12-19(18)24/h2-6,9-12,16H,7-8,13-15H2,1H3. The molecule has 28 heavy (non-hydrogen) atoms. The lowest BCUT2D eigenvalue weighted by atomic mass is 9.98. The van der Waals surface area contributed by atoms with E-state index < -0.39 is 5.82 Å². The van der Waals surface area contributed by atoms with Crippen LogP contribution >= 0.6 is 0 Å². The van der Waals surface area contributed by atoms with Crippen molar-refractivity contribution in [3.05, 3.63) is 77.2 Å². The SMILES string of the molecule is CC1CCCN(C2=C(c3ccccc3)C(=O)N(Cc3ccccc3F)C2=O)C1. The predicted octanol–water partition coefficient (Wildman–Crippen LogP) is 3.84. The van der Waals surface area contributed by atoms with Gasteiger partial charge < -0.3 is 4.90 Å². The first-order valence-electron chi connectivity index (χ1n) is 9.70. The molecule has 4 nitrogen and oxygen atoms in total. The van der Waals surface area contributed by atoms with E-state index in [4.69, 9.17) is 0 Å². The summed E-state index contributed by atoms with van der Waals surface area (Å²) >= 11 is 0. The Bertz CT molecular complexity index is 939. The van der Waals surface area contributed by atoms with Crippen molar-refractivity contribution in [1.29, 1.82) is 0 Å². The molecule has 1 fully saturated rings. The lowest BCUT2D eigenvalue weighted by Gasteiger charge is -2.33. The Hall–Kier alpha value is -2.95. The van der Waals surface area contributed by atoms with Crippen molar-refractivity contribution in [3.63, 3.8) is 0 Å². The molecule has 0 aromatic heterocycles. The zero-order valence-electron chi connectivity index (χ0n) is 15.9. The molecule has 2 heterocycles. The van der Waals surface area contributed by atoms with Gasteiger partial charge in [-0.25, -0.2) is 4.39 Å². The third-order valence-electron chi connectivity index (χ3n) is 5.47. The highest BCUT2D eigenvalue weighted by atomic mass is 19.1. The van der Waals surface area contributed by atoms with Crippen LogP contribution in [0.3, 0.4) is 0 Å². The fourth-order valence-electron chi connectivity index (χ4n) is 4.05. The molecule has 2 aromatic rings. The molecule has 2 aromatic carbocycles. The van der Waals surface area contributed by atoms with Crippen LogP contribution in [-0.4, -0.2) is 34.7 Å². The monoisotopic (exact) mass is 378 g/mol. The van der Waals surface area contributed by atoms with Crippen molar-refractivity contribution in [3.8, 4) is 0 Å². The van der Waals surface area contributed by atoms with E-state index >= 15 is 0 Å². The minimum Gasteiger partial charge on any atom is -0.366 e. The highest BCUT2D eigenvalue weighted by Crippen LogP contribution is 2.34. The molecular weight excluding hydrogens is 355 g/mol. The summed E-state index contributed by atoms with van der Waals surface area (Å²) < 4.78 is 14.1. The Kier molecular flexibility index (Phi) is 4.99. The molecule has 2 aliphatic heterocycles. The maximum Gasteiger partial charge on any atom is 0.278 e. The molecule has 2 aliphatic rings. The van der Waals surface area contributed by atoms with Crippen LogP contribution in [0.2, 0.25) is 0 Å². The maximum atomic E-state index is 14.1. The van der Waals surface area contributed by atoms with Gasteiger partial charge in [-0.1, -0.05) is 55.5 Å². The summed E-state index contributed by atoms with van der Waals surface area (Å²) in [6.45, 7) is 3.60. The quantitative estimate of drug-likeness (QED) is 0.759. The normalized spacial score (nSPS) is 20.3. The van der Waals surface area contributed by atoms with Crippen molar-refractivity contribution in [2.24, 2.45) is 5.92 Å². The van der Waals surface area contributed by atoms with Crippen LogP contribution in [-0.2, 0) is 16.1 Å². The first-order valence-corrected chi connectivity index (χ1v) is 9.70. The molecule has 5 heteroatoms. The van der Waals surface area contributed by atoms with Gasteiger partial charge in [-0.15, -0.1) is 0 Å². The lowest BCUT2D eigenvalue weighted by Crippen LogP contribution is -2.39. The molecule has 1 saturated heterocycles. The van der Waals surface area contributed by atoms with Crippen LogP contribution < -0.4 is 0 Å².